The molecule has 0 aliphatic rings. The number of carbonyl (C=O) groups is 1. The number of nitrogens with one attached hydrogen (secondary N) is 1. The van der Waals surface area contributed by atoms with Gasteiger partial charge in [-0.05, 0) is 6.92 Å². The van der Waals surface area contributed by atoms with Crippen molar-refractivity contribution in [1.82, 2.24) is 4.98 Å². The summed E-state index contributed by atoms with van der Waals surface area (Å²) in [5.41, 5.74) is 2.47. The van der Waals surface area contributed by atoms with Gasteiger partial charge in [0.1, 0.15) is 0 Å². The number of thioether (sulfide) groups is 1. The van der Waals surface area contributed by atoms with E-state index >= 15 is 0 Å². The fourth-order valence-electron chi connectivity index (χ4n) is 0.879. The molecular weight excluding hydrogens is 234 g/mol. The van der Waals surface area contributed by atoms with Gasteiger partial charge in [-0.3, -0.25) is 10.2 Å². The molecule has 0 saturated heterocycles. The van der Waals surface area contributed by atoms with Gasteiger partial charge >= 0.3 is 5.97 Å². The Bertz CT molecular complexity index is 317. The van der Waals surface area contributed by atoms with E-state index in [9.17, 15) is 4.79 Å². The molecule has 7 heteroatoms. The van der Waals surface area contributed by atoms with Crippen LogP contribution in [0.15, 0.2) is 6.20 Å². The number of ether oxygens (including phenoxy) is 1. The number of nitrogens with zero attached hydrogens (tertiary/aromatic N) is 1. The Balaban J connectivity index is 2.22. The number of esters is 1. The third-order valence-electron chi connectivity index (χ3n) is 1.45. The SMILES string of the molecule is CCOC(=O)CSCc1cnc(NN)s1. The molecular formula is C8H13N3O2S2. The maximum Gasteiger partial charge on any atom is 0.315 e. The number of nitrogen functional groups attached to an aromatic ring is 1. The maximum atomic E-state index is 11.0. The molecule has 0 bridgehead atoms. The van der Waals surface area contributed by atoms with Gasteiger partial charge in [-0.2, -0.15) is 0 Å². The molecule has 0 radical (unpaired) electrons. The Morgan fingerprint density at radius 3 is 3.20 bits per heavy atom. The number of hydrogen-bond acceptors (Lipinski definition) is 7. The Morgan fingerprint density at radius 2 is 2.60 bits per heavy atom. The lowest BCUT2D eigenvalue weighted by molar-refractivity contribution is -0.139. The van der Waals surface area contributed by atoms with Crippen LogP contribution in [0.3, 0.4) is 0 Å². The number of nitrogens with two attached hydrogens (primary N) is 1. The van der Waals surface area contributed by atoms with Crippen LogP contribution >= 0.6 is 23.1 Å². The van der Waals surface area contributed by atoms with Crippen molar-refractivity contribution in [2.45, 2.75) is 12.7 Å². The summed E-state index contributed by atoms with van der Waals surface area (Å²) < 4.78 is 4.80. The fraction of sp³-hybridized carbons (Fsp3) is 0.500. The predicted octanol–water partition coefficient (Wildman–Crippen LogP) is 1.22. The monoisotopic (exact) mass is 247 g/mol. The van der Waals surface area contributed by atoms with Crippen LogP contribution < -0.4 is 11.3 Å². The number of carbonyl (C=O) groups excluding carboxylic acids is 1. The van der Waals surface area contributed by atoms with Gasteiger partial charge in [-0.25, -0.2) is 10.8 Å². The van der Waals surface area contributed by atoms with Crippen LogP contribution in [0.2, 0.25) is 0 Å². The zero-order valence-electron chi connectivity index (χ0n) is 8.36. The zero-order chi connectivity index (χ0) is 11.1. The van der Waals surface area contributed by atoms with Crippen LogP contribution in [0.4, 0.5) is 5.13 Å². The highest BCUT2D eigenvalue weighted by molar-refractivity contribution is 7.99. The summed E-state index contributed by atoms with van der Waals surface area (Å²) in [5, 5.41) is 0.682. The average Bonchev–Trinajstić information content (AvgIpc) is 2.66. The van der Waals surface area contributed by atoms with Crippen molar-refractivity contribution in [2.24, 2.45) is 5.84 Å². The predicted molar refractivity (Wildman–Crippen MR) is 62.7 cm³/mol. The minimum Gasteiger partial charge on any atom is -0.465 e. The lowest BCUT2D eigenvalue weighted by Gasteiger charge is -1.99. The molecule has 0 aromatic carbocycles. The molecule has 3 N–H and O–H groups in total. The average molecular weight is 247 g/mol. The second-order valence-corrected chi connectivity index (χ2v) is 4.67. The van der Waals surface area contributed by atoms with Gasteiger partial charge in [0.2, 0.25) is 0 Å². The van der Waals surface area contributed by atoms with E-state index in [2.05, 4.69) is 10.4 Å². The lowest BCUT2D eigenvalue weighted by Crippen LogP contribution is -2.06. The summed E-state index contributed by atoms with van der Waals surface area (Å²) in [6.45, 7) is 2.23. The number of hydrogen-bond donors (Lipinski definition) is 2. The minimum absolute atomic E-state index is 0.177. The summed E-state index contributed by atoms with van der Waals surface area (Å²) in [6, 6.07) is 0. The molecule has 0 aliphatic heterocycles. The Kier molecular flexibility index (Phi) is 5.44. The Hall–Kier alpha value is -0.790. The zero-order valence-corrected chi connectivity index (χ0v) is 9.99. The van der Waals surface area contributed by atoms with Crippen molar-refractivity contribution < 1.29 is 9.53 Å². The lowest BCUT2D eigenvalue weighted by atomic mass is 10.6. The van der Waals surface area contributed by atoms with E-state index < -0.39 is 0 Å². The van der Waals surface area contributed by atoms with E-state index in [1.165, 1.54) is 23.1 Å². The molecule has 0 spiro atoms. The van der Waals surface area contributed by atoms with Crippen molar-refractivity contribution in [3.05, 3.63) is 11.1 Å². The van der Waals surface area contributed by atoms with Gasteiger partial charge in [0, 0.05) is 16.8 Å². The van der Waals surface area contributed by atoms with Gasteiger partial charge < -0.3 is 4.74 Å². The fourth-order valence-corrected chi connectivity index (χ4v) is 2.51. The molecule has 1 aromatic heterocycles. The number of aromatic nitrogens is 1. The third-order valence-corrected chi connectivity index (χ3v) is 3.51. The Morgan fingerprint density at radius 1 is 1.80 bits per heavy atom. The van der Waals surface area contributed by atoms with Crippen molar-refractivity contribution >= 4 is 34.2 Å². The standard InChI is InChI=1S/C8H13N3O2S2/c1-2-13-7(12)5-14-4-6-3-10-8(11-9)15-6/h3H,2,4-5,9H2,1H3,(H,10,11). The summed E-state index contributed by atoms with van der Waals surface area (Å²) >= 11 is 2.98. The second-order valence-electron chi connectivity index (χ2n) is 2.57. The highest BCUT2D eigenvalue weighted by Gasteiger charge is 2.04. The first-order valence-corrected chi connectivity index (χ1v) is 6.38. The number of rotatable bonds is 6. The van der Waals surface area contributed by atoms with Crippen LogP contribution in [0.25, 0.3) is 0 Å². The summed E-state index contributed by atoms with van der Waals surface area (Å²) in [7, 11) is 0. The molecule has 0 amide bonds. The van der Waals surface area contributed by atoms with E-state index in [0.717, 1.165) is 10.6 Å². The first kappa shape index (κ1) is 12.3. The summed E-state index contributed by atoms with van der Waals surface area (Å²) in [4.78, 5) is 16.1. The molecule has 0 aliphatic carbocycles. The highest BCUT2D eigenvalue weighted by Crippen LogP contribution is 2.21. The molecule has 1 heterocycles. The van der Waals surface area contributed by atoms with Crippen molar-refractivity contribution in [1.29, 1.82) is 0 Å². The third kappa shape index (κ3) is 4.50. The smallest absolute Gasteiger partial charge is 0.315 e. The number of anilines is 1. The molecule has 5 nitrogen and oxygen atoms in total. The minimum atomic E-state index is -0.177. The van der Waals surface area contributed by atoms with Crippen molar-refractivity contribution in [2.75, 3.05) is 17.8 Å². The molecule has 84 valence electrons. The first-order valence-electron chi connectivity index (χ1n) is 4.41. The molecule has 1 aromatic rings. The van der Waals surface area contributed by atoms with E-state index in [-0.39, 0.29) is 5.97 Å². The van der Waals surface area contributed by atoms with Gasteiger partial charge in [-0.15, -0.1) is 23.1 Å². The highest BCUT2D eigenvalue weighted by atomic mass is 32.2. The maximum absolute atomic E-state index is 11.0. The molecule has 0 saturated carbocycles. The quantitative estimate of drug-likeness (QED) is 0.447. The van der Waals surface area contributed by atoms with Crippen LogP contribution in [0, 0.1) is 0 Å². The van der Waals surface area contributed by atoms with Gasteiger partial charge in [0.05, 0.1) is 12.4 Å². The van der Waals surface area contributed by atoms with Gasteiger partial charge in [0.25, 0.3) is 0 Å². The largest absolute Gasteiger partial charge is 0.465 e. The van der Waals surface area contributed by atoms with Gasteiger partial charge in [0.15, 0.2) is 5.13 Å². The Labute approximate surface area is 96.4 Å². The van der Waals surface area contributed by atoms with Crippen molar-refractivity contribution in [3.8, 4) is 0 Å². The van der Waals surface area contributed by atoms with E-state index in [1.54, 1.807) is 13.1 Å². The second kappa shape index (κ2) is 6.65. The van der Waals surface area contributed by atoms with Crippen LogP contribution in [-0.4, -0.2) is 23.3 Å². The molecule has 1 rings (SSSR count). The topological polar surface area (TPSA) is 77.2 Å². The molecule has 0 unspecified atom stereocenters. The number of thiazole rings is 1. The van der Waals surface area contributed by atoms with E-state index in [4.69, 9.17) is 10.6 Å². The van der Waals surface area contributed by atoms with Crippen molar-refractivity contribution in [3.63, 3.8) is 0 Å². The summed E-state index contributed by atoms with van der Waals surface area (Å²) in [6.07, 6.45) is 1.75. The number of hydrazine groups is 1. The molecule has 0 fully saturated rings. The van der Waals surface area contributed by atoms with E-state index in [0.29, 0.717) is 17.5 Å². The van der Waals surface area contributed by atoms with Crippen LogP contribution in [-0.2, 0) is 15.3 Å². The van der Waals surface area contributed by atoms with E-state index in [1.807, 2.05) is 0 Å². The normalized spacial score (nSPS) is 10.0. The molecule has 15 heavy (non-hydrogen) atoms. The molecule has 0 atom stereocenters. The summed E-state index contributed by atoms with van der Waals surface area (Å²) in [5.74, 6) is 6.14. The van der Waals surface area contributed by atoms with Crippen LogP contribution in [0.1, 0.15) is 11.8 Å². The first-order chi connectivity index (χ1) is 7.26. The van der Waals surface area contributed by atoms with Gasteiger partial charge in [-0.1, -0.05) is 0 Å². The van der Waals surface area contributed by atoms with Crippen LogP contribution in [0.5, 0.6) is 0 Å².